The Morgan fingerprint density at radius 3 is 2.86 bits per heavy atom. The summed E-state index contributed by atoms with van der Waals surface area (Å²) in [6, 6.07) is 1.86. The van der Waals surface area contributed by atoms with Crippen LogP contribution in [-0.4, -0.2) is 26.2 Å². The van der Waals surface area contributed by atoms with Crippen LogP contribution in [0.3, 0.4) is 0 Å². The minimum Gasteiger partial charge on any atom is -0.481 e. The maximum Gasteiger partial charge on any atom is 0.303 e. The second kappa shape index (κ2) is 6.03. The lowest BCUT2D eigenvalue weighted by atomic mass is 9.86. The fraction of sp³-hybridized carbons (Fsp3) is 0.467. The molecule has 112 valence electrons. The third kappa shape index (κ3) is 3.87. The van der Waals surface area contributed by atoms with Crippen molar-refractivity contribution in [3.63, 3.8) is 0 Å². The first-order chi connectivity index (χ1) is 9.91. The number of aromatic nitrogens is 3. The summed E-state index contributed by atoms with van der Waals surface area (Å²) in [5.74, 6) is 0.146. The van der Waals surface area contributed by atoms with Crippen LogP contribution in [0.1, 0.15) is 38.6 Å². The van der Waals surface area contributed by atoms with Crippen molar-refractivity contribution >= 4 is 5.97 Å². The van der Waals surface area contributed by atoms with Crippen LogP contribution in [0.25, 0.3) is 11.4 Å². The Morgan fingerprint density at radius 1 is 1.43 bits per heavy atom. The van der Waals surface area contributed by atoms with Gasteiger partial charge in [-0.25, -0.2) is 0 Å². The molecule has 6 heteroatoms. The molecule has 0 amide bonds. The summed E-state index contributed by atoms with van der Waals surface area (Å²) in [4.78, 5) is 19.3. The number of nitrogens with zero attached hydrogens (tertiary/aromatic N) is 3. The van der Waals surface area contributed by atoms with E-state index < -0.39 is 11.4 Å². The molecule has 2 heterocycles. The summed E-state index contributed by atoms with van der Waals surface area (Å²) >= 11 is 0. The molecule has 0 aliphatic rings. The normalized spacial score (nSPS) is 11.6. The third-order valence-electron chi connectivity index (χ3n) is 3.25. The first kappa shape index (κ1) is 15.2. The number of carboxylic acid groups (broad SMARTS) is 1. The van der Waals surface area contributed by atoms with Gasteiger partial charge in [-0.15, -0.1) is 0 Å². The summed E-state index contributed by atoms with van der Waals surface area (Å²) in [5.41, 5.74) is 1.52. The standard InChI is InChI=1S/C15H19N3O3/c1-4-10-9-16-6-5-11(10)14-17-12(21-18-14)7-15(2,3)8-13(19)20/h5-6,9H,4,7-8H2,1-3H3,(H,19,20). The number of hydrogen-bond donors (Lipinski definition) is 1. The van der Waals surface area contributed by atoms with E-state index in [4.69, 9.17) is 9.63 Å². The molecule has 0 saturated carbocycles. The molecule has 2 rings (SSSR count). The number of rotatable bonds is 6. The van der Waals surface area contributed by atoms with Crippen molar-refractivity contribution in [2.75, 3.05) is 0 Å². The van der Waals surface area contributed by atoms with E-state index in [0.717, 1.165) is 17.5 Å². The van der Waals surface area contributed by atoms with Crippen LogP contribution >= 0.6 is 0 Å². The van der Waals surface area contributed by atoms with Gasteiger partial charge in [-0.1, -0.05) is 25.9 Å². The molecular formula is C15H19N3O3. The molecule has 6 nitrogen and oxygen atoms in total. The Morgan fingerprint density at radius 2 is 2.19 bits per heavy atom. The topological polar surface area (TPSA) is 89.1 Å². The second-order valence-electron chi connectivity index (χ2n) is 5.81. The largest absolute Gasteiger partial charge is 0.481 e. The lowest BCUT2D eigenvalue weighted by molar-refractivity contribution is -0.139. The van der Waals surface area contributed by atoms with E-state index in [2.05, 4.69) is 15.1 Å². The van der Waals surface area contributed by atoms with Gasteiger partial charge in [-0.3, -0.25) is 9.78 Å². The zero-order chi connectivity index (χ0) is 15.5. The van der Waals surface area contributed by atoms with E-state index in [1.54, 1.807) is 12.4 Å². The smallest absolute Gasteiger partial charge is 0.303 e. The van der Waals surface area contributed by atoms with Gasteiger partial charge >= 0.3 is 5.97 Å². The predicted molar refractivity (Wildman–Crippen MR) is 76.6 cm³/mol. The van der Waals surface area contributed by atoms with Gasteiger partial charge in [0.1, 0.15) is 0 Å². The van der Waals surface area contributed by atoms with Crippen LogP contribution in [0.2, 0.25) is 0 Å². The number of carbonyl (C=O) groups is 1. The molecule has 2 aromatic rings. The molecule has 0 fully saturated rings. The fourth-order valence-corrected chi connectivity index (χ4v) is 2.24. The van der Waals surface area contributed by atoms with Crippen molar-refractivity contribution in [1.29, 1.82) is 0 Å². The number of aryl methyl sites for hydroxylation is 1. The summed E-state index contributed by atoms with van der Waals surface area (Å²) in [7, 11) is 0. The summed E-state index contributed by atoms with van der Waals surface area (Å²) in [6.07, 6.45) is 4.80. The Kier molecular flexibility index (Phi) is 4.35. The van der Waals surface area contributed by atoms with E-state index in [1.807, 2.05) is 26.8 Å². The van der Waals surface area contributed by atoms with Crippen molar-refractivity contribution in [2.45, 2.75) is 40.0 Å². The van der Waals surface area contributed by atoms with Crippen LogP contribution in [0.5, 0.6) is 0 Å². The van der Waals surface area contributed by atoms with Gasteiger partial charge < -0.3 is 9.63 Å². The van der Waals surface area contributed by atoms with Gasteiger partial charge in [0.2, 0.25) is 11.7 Å². The van der Waals surface area contributed by atoms with Crippen LogP contribution in [0, 0.1) is 5.41 Å². The van der Waals surface area contributed by atoms with Gasteiger partial charge in [0, 0.05) is 24.4 Å². The highest BCUT2D eigenvalue weighted by Gasteiger charge is 2.25. The summed E-state index contributed by atoms with van der Waals surface area (Å²) in [6.45, 7) is 5.78. The van der Waals surface area contributed by atoms with Gasteiger partial charge in [-0.2, -0.15) is 4.98 Å². The molecule has 0 bridgehead atoms. The molecule has 2 aromatic heterocycles. The monoisotopic (exact) mass is 289 g/mol. The van der Waals surface area contributed by atoms with Crippen molar-refractivity contribution in [3.05, 3.63) is 29.9 Å². The molecule has 0 unspecified atom stereocenters. The minimum absolute atomic E-state index is 0.0557. The highest BCUT2D eigenvalue weighted by Crippen LogP contribution is 2.27. The van der Waals surface area contributed by atoms with Crippen molar-refractivity contribution in [1.82, 2.24) is 15.1 Å². The second-order valence-corrected chi connectivity index (χ2v) is 5.81. The van der Waals surface area contributed by atoms with Crippen LogP contribution in [0.15, 0.2) is 23.0 Å². The Bertz CT molecular complexity index is 635. The van der Waals surface area contributed by atoms with Crippen LogP contribution in [-0.2, 0) is 17.6 Å². The molecule has 0 saturated heterocycles. The molecule has 1 N–H and O–H groups in total. The fourth-order valence-electron chi connectivity index (χ4n) is 2.24. The number of carboxylic acids is 1. The SMILES string of the molecule is CCc1cnccc1-c1noc(CC(C)(C)CC(=O)O)n1. The average molecular weight is 289 g/mol. The first-order valence-corrected chi connectivity index (χ1v) is 6.89. The van der Waals surface area contributed by atoms with E-state index in [-0.39, 0.29) is 6.42 Å². The molecule has 0 atom stereocenters. The maximum absolute atomic E-state index is 10.8. The van der Waals surface area contributed by atoms with Crippen molar-refractivity contribution in [3.8, 4) is 11.4 Å². The number of hydrogen-bond acceptors (Lipinski definition) is 5. The van der Waals surface area contributed by atoms with Crippen molar-refractivity contribution < 1.29 is 14.4 Å². The molecule has 0 radical (unpaired) electrons. The first-order valence-electron chi connectivity index (χ1n) is 6.89. The molecule has 0 spiro atoms. The van der Waals surface area contributed by atoms with E-state index in [1.165, 1.54) is 0 Å². The van der Waals surface area contributed by atoms with E-state index in [0.29, 0.717) is 18.1 Å². The zero-order valence-electron chi connectivity index (χ0n) is 12.5. The lowest BCUT2D eigenvalue weighted by Gasteiger charge is -2.19. The average Bonchev–Trinajstić information content (AvgIpc) is 2.84. The van der Waals surface area contributed by atoms with Gasteiger partial charge in [0.15, 0.2) is 0 Å². The molecular weight excluding hydrogens is 270 g/mol. The predicted octanol–water partition coefficient (Wildman–Crippen LogP) is 2.74. The molecule has 0 aromatic carbocycles. The van der Waals surface area contributed by atoms with Crippen LogP contribution < -0.4 is 0 Å². The molecule has 21 heavy (non-hydrogen) atoms. The van der Waals surface area contributed by atoms with Gasteiger partial charge in [0.25, 0.3) is 0 Å². The van der Waals surface area contributed by atoms with E-state index in [9.17, 15) is 4.79 Å². The Balaban J connectivity index is 2.20. The Labute approximate surface area is 123 Å². The quantitative estimate of drug-likeness (QED) is 0.879. The van der Waals surface area contributed by atoms with Crippen LogP contribution in [0.4, 0.5) is 0 Å². The van der Waals surface area contributed by atoms with E-state index >= 15 is 0 Å². The Hall–Kier alpha value is -2.24. The maximum atomic E-state index is 10.8. The molecule has 0 aliphatic heterocycles. The minimum atomic E-state index is -0.831. The van der Waals surface area contributed by atoms with Gasteiger partial charge in [-0.05, 0) is 23.5 Å². The number of pyridine rings is 1. The highest BCUT2D eigenvalue weighted by atomic mass is 16.5. The summed E-state index contributed by atoms with van der Waals surface area (Å²) < 4.78 is 5.26. The zero-order valence-corrected chi connectivity index (χ0v) is 12.5. The molecule has 0 aliphatic carbocycles. The van der Waals surface area contributed by atoms with Crippen molar-refractivity contribution in [2.24, 2.45) is 5.41 Å². The summed E-state index contributed by atoms with van der Waals surface area (Å²) in [5, 5.41) is 12.9. The van der Waals surface area contributed by atoms with Gasteiger partial charge in [0.05, 0.1) is 6.42 Å². The highest BCUT2D eigenvalue weighted by molar-refractivity contribution is 5.67. The third-order valence-corrected chi connectivity index (χ3v) is 3.25. The lowest BCUT2D eigenvalue weighted by Crippen LogP contribution is -2.19. The number of aliphatic carboxylic acids is 1.